The lowest BCUT2D eigenvalue weighted by molar-refractivity contribution is 0.602. The van der Waals surface area contributed by atoms with Gasteiger partial charge in [0.15, 0.2) is 5.65 Å². The Labute approximate surface area is 140 Å². The Bertz CT molecular complexity index is 834. The van der Waals surface area contributed by atoms with Crippen molar-refractivity contribution in [3.8, 4) is 0 Å². The maximum Gasteiger partial charge on any atom is 0.227 e. The number of nitrogens with zero attached hydrogens (tertiary/aromatic N) is 4. The van der Waals surface area contributed by atoms with Gasteiger partial charge in [-0.1, -0.05) is 26.7 Å². The summed E-state index contributed by atoms with van der Waals surface area (Å²) in [7, 11) is 0. The van der Waals surface area contributed by atoms with Gasteiger partial charge < -0.3 is 5.32 Å². The lowest BCUT2D eigenvalue weighted by Crippen LogP contribution is -2.09. The van der Waals surface area contributed by atoms with E-state index in [1.807, 2.05) is 15.9 Å². The molecule has 0 saturated heterocycles. The fraction of sp³-hybridized carbons (Fsp3) is 0.588. The van der Waals surface area contributed by atoms with Gasteiger partial charge in [-0.15, -0.1) is 11.3 Å². The Morgan fingerprint density at radius 3 is 3.17 bits per heavy atom. The molecule has 1 N–H and O–H groups in total. The lowest BCUT2D eigenvalue weighted by Gasteiger charge is -2.18. The Balaban J connectivity index is 1.81. The quantitative estimate of drug-likeness (QED) is 0.706. The Morgan fingerprint density at radius 2 is 2.30 bits per heavy atom. The molecule has 3 aromatic heterocycles. The van der Waals surface area contributed by atoms with Gasteiger partial charge in [-0.3, -0.25) is 0 Å². The molecule has 3 heterocycles. The summed E-state index contributed by atoms with van der Waals surface area (Å²) in [6.07, 6.45) is 8.99. The van der Waals surface area contributed by atoms with Gasteiger partial charge in [0, 0.05) is 11.4 Å². The van der Waals surface area contributed by atoms with E-state index in [1.165, 1.54) is 47.9 Å². The predicted molar refractivity (Wildman–Crippen MR) is 95.5 cm³/mol. The van der Waals surface area contributed by atoms with Gasteiger partial charge in [-0.2, -0.15) is 9.61 Å². The van der Waals surface area contributed by atoms with Crippen LogP contribution in [-0.4, -0.2) is 26.1 Å². The Kier molecular flexibility index (Phi) is 3.93. The van der Waals surface area contributed by atoms with Gasteiger partial charge >= 0.3 is 0 Å². The van der Waals surface area contributed by atoms with Crippen LogP contribution in [0.3, 0.4) is 0 Å². The summed E-state index contributed by atoms with van der Waals surface area (Å²) in [5, 5.41) is 9.09. The second kappa shape index (κ2) is 6.07. The van der Waals surface area contributed by atoms with E-state index in [9.17, 15) is 0 Å². The van der Waals surface area contributed by atoms with Crippen LogP contribution in [0.1, 0.15) is 62.3 Å². The number of thiophene rings is 1. The van der Waals surface area contributed by atoms with Crippen molar-refractivity contribution in [2.45, 2.75) is 58.3 Å². The molecule has 1 atom stereocenters. The molecule has 0 aromatic carbocycles. The molecule has 0 fully saturated rings. The Hall–Kier alpha value is -1.69. The number of hydrogen-bond acceptors (Lipinski definition) is 5. The molecule has 5 nitrogen and oxygen atoms in total. The van der Waals surface area contributed by atoms with Crippen LogP contribution in [0.25, 0.3) is 15.9 Å². The van der Waals surface area contributed by atoms with Crippen molar-refractivity contribution in [3.63, 3.8) is 0 Å². The van der Waals surface area contributed by atoms with Crippen LogP contribution in [-0.2, 0) is 6.42 Å². The highest BCUT2D eigenvalue weighted by Gasteiger charge is 2.25. The van der Waals surface area contributed by atoms with Crippen molar-refractivity contribution in [2.24, 2.45) is 0 Å². The number of rotatable bonds is 5. The summed E-state index contributed by atoms with van der Waals surface area (Å²) in [6, 6.07) is 0. The van der Waals surface area contributed by atoms with E-state index < -0.39 is 0 Å². The van der Waals surface area contributed by atoms with Crippen LogP contribution in [0, 0.1) is 0 Å². The van der Waals surface area contributed by atoms with Crippen molar-refractivity contribution in [3.05, 3.63) is 16.8 Å². The summed E-state index contributed by atoms with van der Waals surface area (Å²) in [6.45, 7) is 5.48. The van der Waals surface area contributed by atoms with Gasteiger partial charge in [-0.25, -0.2) is 9.97 Å². The second-order valence-electron chi connectivity index (χ2n) is 6.48. The topological polar surface area (TPSA) is 55.1 Å². The zero-order valence-corrected chi connectivity index (χ0v) is 14.6. The highest BCUT2D eigenvalue weighted by molar-refractivity contribution is 7.19. The van der Waals surface area contributed by atoms with Crippen LogP contribution in [0.5, 0.6) is 0 Å². The normalized spacial score (nSPS) is 17.7. The van der Waals surface area contributed by atoms with Crippen LogP contribution in [0.2, 0.25) is 0 Å². The second-order valence-corrected chi connectivity index (χ2v) is 7.56. The van der Waals surface area contributed by atoms with Crippen molar-refractivity contribution in [1.29, 1.82) is 0 Å². The first-order valence-electron chi connectivity index (χ1n) is 8.68. The number of nitrogens with one attached hydrogen (secondary N) is 1. The number of anilines is 1. The molecule has 1 aliphatic carbocycles. The largest absolute Gasteiger partial charge is 0.354 e. The maximum absolute atomic E-state index is 4.88. The number of fused-ring (bicyclic) bond motifs is 5. The van der Waals surface area contributed by atoms with Gasteiger partial charge in [0.25, 0.3) is 0 Å². The minimum Gasteiger partial charge on any atom is -0.354 e. The predicted octanol–water partition coefficient (Wildman–Crippen LogP) is 4.38. The summed E-state index contributed by atoms with van der Waals surface area (Å²) in [5.41, 5.74) is 2.43. The standard InChI is InChI=1S/C17H23N5S/c1-3-4-5-9-18-17-21-16-14(15-19-10-20-22(15)17)13-11(2)7-6-8-12(13)23-16/h10-11H,3-9H2,1-2H3,(H,18,21). The average Bonchev–Trinajstić information content (AvgIpc) is 3.15. The van der Waals surface area contributed by atoms with E-state index in [0.717, 1.165) is 29.4 Å². The molecule has 1 unspecified atom stereocenters. The van der Waals surface area contributed by atoms with Gasteiger partial charge in [0.05, 0.1) is 5.39 Å². The SMILES string of the molecule is CCCCCNc1nc2sc3c(c2c2ncnn12)C(C)CCC3. The maximum atomic E-state index is 4.88. The third-order valence-corrected chi connectivity index (χ3v) is 5.94. The summed E-state index contributed by atoms with van der Waals surface area (Å²) >= 11 is 1.85. The van der Waals surface area contributed by atoms with Crippen LogP contribution >= 0.6 is 11.3 Å². The molecule has 0 saturated carbocycles. The molecule has 23 heavy (non-hydrogen) atoms. The fourth-order valence-electron chi connectivity index (χ4n) is 3.59. The number of aryl methyl sites for hydroxylation is 1. The van der Waals surface area contributed by atoms with Crippen LogP contribution in [0.15, 0.2) is 6.33 Å². The molecule has 0 spiro atoms. The molecule has 3 aromatic rings. The minimum absolute atomic E-state index is 0.596. The molecule has 4 rings (SSSR count). The van der Waals surface area contributed by atoms with Crippen molar-refractivity contribution < 1.29 is 0 Å². The van der Waals surface area contributed by atoms with Gasteiger partial charge in [0.1, 0.15) is 11.2 Å². The number of unbranched alkanes of at least 4 members (excludes halogenated alkanes) is 2. The summed E-state index contributed by atoms with van der Waals surface area (Å²) < 4.78 is 1.88. The molecule has 0 aliphatic heterocycles. The highest BCUT2D eigenvalue weighted by Crippen LogP contribution is 2.43. The monoisotopic (exact) mass is 329 g/mol. The third kappa shape index (κ3) is 2.49. The van der Waals surface area contributed by atoms with Crippen molar-refractivity contribution in [2.75, 3.05) is 11.9 Å². The first kappa shape index (κ1) is 14.9. The first-order chi connectivity index (χ1) is 11.3. The van der Waals surface area contributed by atoms with E-state index in [-0.39, 0.29) is 0 Å². The van der Waals surface area contributed by atoms with E-state index in [1.54, 1.807) is 6.33 Å². The third-order valence-electron chi connectivity index (χ3n) is 4.78. The molecule has 0 bridgehead atoms. The van der Waals surface area contributed by atoms with Crippen LogP contribution < -0.4 is 5.32 Å². The highest BCUT2D eigenvalue weighted by atomic mass is 32.1. The summed E-state index contributed by atoms with van der Waals surface area (Å²) in [5.74, 6) is 1.42. The molecule has 0 radical (unpaired) electrons. The van der Waals surface area contributed by atoms with Gasteiger partial charge in [-0.05, 0) is 37.2 Å². The van der Waals surface area contributed by atoms with E-state index >= 15 is 0 Å². The Morgan fingerprint density at radius 1 is 1.39 bits per heavy atom. The molecule has 1 aliphatic rings. The van der Waals surface area contributed by atoms with Gasteiger partial charge in [0.2, 0.25) is 5.95 Å². The zero-order valence-electron chi connectivity index (χ0n) is 13.8. The first-order valence-corrected chi connectivity index (χ1v) is 9.50. The van der Waals surface area contributed by atoms with E-state index in [2.05, 4.69) is 29.2 Å². The molecular formula is C17H23N5S. The number of hydrogen-bond donors (Lipinski definition) is 1. The molecular weight excluding hydrogens is 306 g/mol. The number of aromatic nitrogens is 4. The van der Waals surface area contributed by atoms with Crippen LogP contribution in [0.4, 0.5) is 5.95 Å². The summed E-state index contributed by atoms with van der Waals surface area (Å²) in [4.78, 5) is 12.0. The van der Waals surface area contributed by atoms with Crippen molar-refractivity contribution in [1.82, 2.24) is 19.6 Å². The van der Waals surface area contributed by atoms with Crippen molar-refractivity contribution >= 4 is 33.1 Å². The lowest BCUT2D eigenvalue weighted by atomic mass is 9.87. The zero-order chi connectivity index (χ0) is 15.8. The smallest absolute Gasteiger partial charge is 0.227 e. The fourth-order valence-corrected chi connectivity index (χ4v) is 4.92. The average molecular weight is 329 g/mol. The van der Waals surface area contributed by atoms with E-state index in [0.29, 0.717) is 5.92 Å². The minimum atomic E-state index is 0.596. The van der Waals surface area contributed by atoms with E-state index in [4.69, 9.17) is 4.98 Å². The molecule has 0 amide bonds. The molecule has 6 heteroatoms. The molecule has 122 valence electrons.